The highest BCUT2D eigenvalue weighted by atomic mass is 35.5. The number of aromatic nitrogens is 1. The molecule has 35 heavy (non-hydrogen) atoms. The quantitative estimate of drug-likeness (QED) is 0.305. The van der Waals surface area contributed by atoms with Gasteiger partial charge in [-0.05, 0) is 37.7 Å². The molecule has 0 saturated heterocycles. The van der Waals surface area contributed by atoms with Crippen LogP contribution in [0.15, 0.2) is 36.4 Å². The van der Waals surface area contributed by atoms with E-state index >= 15 is 0 Å². The Morgan fingerprint density at radius 2 is 1.80 bits per heavy atom. The molecule has 3 aromatic rings. The van der Waals surface area contributed by atoms with Gasteiger partial charge in [-0.25, -0.2) is 4.98 Å². The van der Waals surface area contributed by atoms with Crippen LogP contribution in [0.4, 0.5) is 5.13 Å². The number of benzene rings is 2. The molecule has 0 fully saturated rings. The maximum atomic E-state index is 13.7. The first-order chi connectivity index (χ1) is 16.6. The fraction of sp³-hybridized carbons (Fsp3) is 0.462. The van der Waals surface area contributed by atoms with Crippen LogP contribution in [0.1, 0.15) is 44.0 Å². The number of carbonyl (C=O) groups is 1. The van der Waals surface area contributed by atoms with Crippen molar-refractivity contribution in [2.45, 2.75) is 33.6 Å². The first-order valence-electron chi connectivity index (χ1n) is 12.1. The fourth-order valence-corrected chi connectivity index (χ4v) is 4.84. The van der Waals surface area contributed by atoms with Crippen LogP contribution in [0.2, 0.25) is 0 Å². The number of unbranched alkanes of at least 4 members (excludes halogenated alkanes) is 1. The average molecular weight is 520 g/mol. The van der Waals surface area contributed by atoms with Gasteiger partial charge in [0.15, 0.2) is 16.6 Å². The third kappa shape index (κ3) is 6.57. The molecule has 4 rings (SSSR count). The van der Waals surface area contributed by atoms with Crippen LogP contribution < -0.4 is 19.1 Å². The molecule has 7 nitrogen and oxygen atoms in total. The number of halogens is 1. The summed E-state index contributed by atoms with van der Waals surface area (Å²) < 4.78 is 18.3. The van der Waals surface area contributed by atoms with Crippen LogP contribution >= 0.6 is 23.7 Å². The minimum absolute atomic E-state index is 0. The van der Waals surface area contributed by atoms with E-state index in [1.54, 1.807) is 4.90 Å². The Kier molecular flexibility index (Phi) is 10.0. The number of carbonyl (C=O) groups excluding carboxylic acids is 1. The maximum Gasteiger partial charge on any atom is 0.260 e. The van der Waals surface area contributed by atoms with Crippen molar-refractivity contribution in [2.24, 2.45) is 0 Å². The van der Waals surface area contributed by atoms with E-state index < -0.39 is 0 Å². The van der Waals surface area contributed by atoms with Crippen molar-refractivity contribution in [1.29, 1.82) is 0 Å². The largest absolute Gasteiger partial charge is 0.494 e. The van der Waals surface area contributed by atoms with Gasteiger partial charge < -0.3 is 19.1 Å². The summed E-state index contributed by atoms with van der Waals surface area (Å²) in [4.78, 5) is 22.6. The zero-order valence-corrected chi connectivity index (χ0v) is 22.3. The summed E-state index contributed by atoms with van der Waals surface area (Å²) in [7, 11) is 0. The van der Waals surface area contributed by atoms with Crippen molar-refractivity contribution in [3.05, 3.63) is 42.0 Å². The van der Waals surface area contributed by atoms with Gasteiger partial charge in [0.25, 0.3) is 5.91 Å². The number of hydrogen-bond acceptors (Lipinski definition) is 7. The van der Waals surface area contributed by atoms with E-state index in [-0.39, 0.29) is 18.3 Å². The van der Waals surface area contributed by atoms with E-state index in [1.807, 2.05) is 36.4 Å². The predicted octanol–water partition coefficient (Wildman–Crippen LogP) is 5.66. The molecule has 9 heteroatoms. The first kappa shape index (κ1) is 27.0. The molecule has 0 atom stereocenters. The highest BCUT2D eigenvalue weighted by Crippen LogP contribution is 2.39. The van der Waals surface area contributed by atoms with E-state index in [4.69, 9.17) is 19.2 Å². The smallest absolute Gasteiger partial charge is 0.260 e. The zero-order valence-electron chi connectivity index (χ0n) is 20.6. The molecule has 1 aliphatic heterocycles. The topological polar surface area (TPSA) is 64.1 Å². The Bertz CT molecular complexity index is 1080. The predicted molar refractivity (Wildman–Crippen MR) is 144 cm³/mol. The highest BCUT2D eigenvalue weighted by molar-refractivity contribution is 7.22. The number of hydrogen-bond donors (Lipinski definition) is 0. The number of likely N-dealkylation sites (N-methyl/N-ethyl adjacent to an activating group) is 1. The van der Waals surface area contributed by atoms with Crippen molar-refractivity contribution in [1.82, 2.24) is 9.88 Å². The number of nitrogens with zero attached hydrogens (tertiary/aromatic N) is 3. The SMILES string of the molecule is CCCCOc1cccc(C(=O)N(CCN(CC)CC)c2nc3cc4c(cc3s2)OCCO4)c1.Cl. The Hall–Kier alpha value is -2.55. The van der Waals surface area contributed by atoms with Crippen LogP contribution in [0.3, 0.4) is 0 Å². The number of fused-ring (bicyclic) bond motifs is 2. The third-order valence-electron chi connectivity index (χ3n) is 5.90. The van der Waals surface area contributed by atoms with Crippen molar-refractivity contribution in [2.75, 3.05) is 50.9 Å². The summed E-state index contributed by atoms with van der Waals surface area (Å²) in [5.74, 6) is 2.07. The second-order valence-corrected chi connectivity index (χ2v) is 9.18. The van der Waals surface area contributed by atoms with Crippen LogP contribution in [-0.2, 0) is 0 Å². The van der Waals surface area contributed by atoms with E-state index in [9.17, 15) is 4.79 Å². The maximum absolute atomic E-state index is 13.7. The molecule has 2 heterocycles. The number of rotatable bonds is 11. The lowest BCUT2D eigenvalue weighted by Crippen LogP contribution is -2.38. The molecule has 0 spiro atoms. The Labute approximate surface area is 217 Å². The Morgan fingerprint density at radius 3 is 2.51 bits per heavy atom. The van der Waals surface area contributed by atoms with Gasteiger partial charge in [0, 0.05) is 30.8 Å². The molecule has 1 amide bonds. The van der Waals surface area contributed by atoms with E-state index in [0.717, 1.165) is 48.4 Å². The standard InChI is InChI=1S/C26H33N3O4S.ClH/c1-4-7-13-31-20-10-8-9-19(16-20)25(30)29(12-11-28(5-2)6-3)26-27-21-17-22-23(18-24(21)34-26)33-15-14-32-22;/h8-10,16-18H,4-7,11-15H2,1-3H3;1H. The van der Waals surface area contributed by atoms with Crippen molar-refractivity contribution in [3.63, 3.8) is 0 Å². The minimum atomic E-state index is -0.0792. The normalized spacial score (nSPS) is 12.5. The summed E-state index contributed by atoms with van der Waals surface area (Å²) in [6.45, 7) is 11.3. The van der Waals surface area contributed by atoms with Gasteiger partial charge >= 0.3 is 0 Å². The lowest BCUT2D eigenvalue weighted by molar-refractivity contribution is 0.0983. The molecular weight excluding hydrogens is 486 g/mol. The van der Waals surface area contributed by atoms with Crippen molar-refractivity contribution >= 4 is 45.0 Å². The summed E-state index contributed by atoms with van der Waals surface area (Å²) in [6.07, 6.45) is 2.05. The second kappa shape index (κ2) is 13.0. The highest BCUT2D eigenvalue weighted by Gasteiger charge is 2.24. The molecule has 0 unspecified atom stereocenters. The van der Waals surface area contributed by atoms with Gasteiger partial charge in [0.2, 0.25) is 0 Å². The summed E-state index contributed by atoms with van der Waals surface area (Å²) >= 11 is 1.50. The molecule has 1 aliphatic rings. The number of amides is 1. The van der Waals surface area contributed by atoms with Crippen molar-refractivity contribution in [3.8, 4) is 17.2 Å². The molecule has 190 valence electrons. The lowest BCUT2D eigenvalue weighted by atomic mass is 10.2. The lowest BCUT2D eigenvalue weighted by Gasteiger charge is -2.25. The van der Waals surface area contributed by atoms with Crippen LogP contribution in [0, 0.1) is 0 Å². The minimum Gasteiger partial charge on any atom is -0.494 e. The van der Waals surface area contributed by atoms with Gasteiger partial charge in [-0.15, -0.1) is 12.4 Å². The Balaban J connectivity index is 0.00000342. The van der Waals surface area contributed by atoms with Crippen molar-refractivity contribution < 1.29 is 19.0 Å². The zero-order chi connectivity index (χ0) is 23.9. The second-order valence-electron chi connectivity index (χ2n) is 8.17. The van der Waals surface area contributed by atoms with Crippen LogP contribution in [0.5, 0.6) is 17.2 Å². The van der Waals surface area contributed by atoms with Gasteiger partial charge in [-0.3, -0.25) is 9.69 Å². The van der Waals surface area contributed by atoms with Gasteiger partial charge in [-0.2, -0.15) is 0 Å². The molecule has 0 saturated carbocycles. The molecule has 1 aromatic heterocycles. The van der Waals surface area contributed by atoms with Gasteiger partial charge in [0.1, 0.15) is 19.0 Å². The van der Waals surface area contributed by atoms with Gasteiger partial charge in [0.05, 0.1) is 16.8 Å². The third-order valence-corrected chi connectivity index (χ3v) is 6.94. The molecule has 0 bridgehead atoms. The molecule has 2 aromatic carbocycles. The summed E-state index contributed by atoms with van der Waals surface area (Å²) in [5, 5.41) is 0.673. The van der Waals surface area contributed by atoms with Gasteiger partial charge in [-0.1, -0.05) is 44.6 Å². The molecular formula is C26H34ClN3O4S. The van der Waals surface area contributed by atoms with E-state index in [1.165, 1.54) is 11.3 Å². The van der Waals surface area contributed by atoms with E-state index in [2.05, 4.69) is 25.7 Å². The molecule has 0 aliphatic carbocycles. The average Bonchev–Trinajstić information content (AvgIpc) is 3.27. The number of anilines is 1. The number of thiazole rings is 1. The fourth-order valence-electron chi connectivity index (χ4n) is 3.84. The monoisotopic (exact) mass is 519 g/mol. The van der Waals surface area contributed by atoms with Crippen LogP contribution in [0.25, 0.3) is 10.2 Å². The summed E-state index contributed by atoms with van der Waals surface area (Å²) in [5.41, 5.74) is 1.40. The number of ether oxygens (including phenoxy) is 3. The Morgan fingerprint density at radius 1 is 1.06 bits per heavy atom. The molecule has 0 N–H and O–H groups in total. The molecule has 0 radical (unpaired) electrons. The first-order valence-corrected chi connectivity index (χ1v) is 12.9. The van der Waals surface area contributed by atoms with E-state index in [0.29, 0.717) is 48.6 Å². The van der Waals surface area contributed by atoms with Crippen LogP contribution in [-0.4, -0.2) is 61.8 Å². The summed E-state index contributed by atoms with van der Waals surface area (Å²) in [6, 6.07) is 11.3.